The Morgan fingerprint density at radius 2 is 2.03 bits per heavy atom. The van der Waals surface area contributed by atoms with Gasteiger partial charge in [-0.25, -0.2) is 4.79 Å². The zero-order valence-electron chi connectivity index (χ0n) is 15.9. The van der Waals surface area contributed by atoms with Crippen LogP contribution in [0.5, 0.6) is 11.5 Å². The number of amides is 2. The SMILES string of the molecule is Cc1cn(-c2ccc3c(c2)OC(F)(F)O3)/c(=N/C(=O)NC2CCc3ccccc32)s1. The second kappa shape index (κ2) is 6.94. The van der Waals surface area contributed by atoms with Crippen LogP contribution in [-0.2, 0) is 6.42 Å². The molecule has 0 radical (unpaired) electrons. The van der Waals surface area contributed by atoms with Crippen LogP contribution < -0.4 is 19.6 Å². The number of nitrogens with zero attached hydrogens (tertiary/aromatic N) is 2. The van der Waals surface area contributed by atoms with E-state index in [1.54, 1.807) is 16.8 Å². The molecule has 1 aliphatic carbocycles. The van der Waals surface area contributed by atoms with Crippen LogP contribution in [0, 0.1) is 6.92 Å². The van der Waals surface area contributed by atoms with Crippen LogP contribution in [0.1, 0.15) is 28.5 Å². The highest BCUT2D eigenvalue weighted by Crippen LogP contribution is 2.41. The van der Waals surface area contributed by atoms with E-state index in [1.165, 1.54) is 29.0 Å². The minimum absolute atomic E-state index is 0.0348. The average molecular weight is 429 g/mol. The number of aromatic nitrogens is 1. The largest absolute Gasteiger partial charge is 0.586 e. The molecule has 0 saturated heterocycles. The monoisotopic (exact) mass is 429 g/mol. The first-order valence-electron chi connectivity index (χ1n) is 9.40. The molecule has 0 spiro atoms. The number of urea groups is 1. The topological polar surface area (TPSA) is 64.8 Å². The van der Waals surface area contributed by atoms with Crippen molar-refractivity contribution in [1.82, 2.24) is 9.88 Å². The van der Waals surface area contributed by atoms with E-state index in [0.717, 1.165) is 23.3 Å². The molecule has 5 rings (SSSR count). The number of carbonyl (C=O) groups is 1. The fraction of sp³-hybridized carbons (Fsp3) is 0.238. The summed E-state index contributed by atoms with van der Waals surface area (Å²) in [6.07, 6.45) is -0.139. The van der Waals surface area contributed by atoms with Crippen molar-refractivity contribution in [1.29, 1.82) is 0 Å². The highest BCUT2D eigenvalue weighted by Gasteiger charge is 2.43. The third-order valence-corrected chi connectivity index (χ3v) is 5.96. The molecule has 1 atom stereocenters. The van der Waals surface area contributed by atoms with Crippen LogP contribution >= 0.6 is 11.3 Å². The van der Waals surface area contributed by atoms with Crippen molar-refractivity contribution in [3.63, 3.8) is 0 Å². The number of nitrogens with one attached hydrogen (secondary N) is 1. The van der Waals surface area contributed by atoms with Gasteiger partial charge in [0.25, 0.3) is 0 Å². The lowest BCUT2D eigenvalue weighted by Gasteiger charge is -2.11. The lowest BCUT2D eigenvalue weighted by Crippen LogP contribution is -2.27. The average Bonchev–Trinajstić information content (AvgIpc) is 3.35. The summed E-state index contributed by atoms with van der Waals surface area (Å²) in [5.74, 6) is -0.0979. The molecule has 0 saturated carbocycles. The summed E-state index contributed by atoms with van der Waals surface area (Å²) in [6, 6.07) is 12.0. The van der Waals surface area contributed by atoms with Crippen molar-refractivity contribution in [2.45, 2.75) is 32.1 Å². The summed E-state index contributed by atoms with van der Waals surface area (Å²) >= 11 is 1.33. The smallest absolute Gasteiger partial charge is 0.395 e. The summed E-state index contributed by atoms with van der Waals surface area (Å²) in [6.45, 7) is 1.88. The van der Waals surface area contributed by atoms with Gasteiger partial charge in [-0.2, -0.15) is 4.99 Å². The molecule has 6 nitrogen and oxygen atoms in total. The van der Waals surface area contributed by atoms with Crippen LogP contribution in [0.4, 0.5) is 13.6 Å². The van der Waals surface area contributed by atoms with Gasteiger partial charge in [-0.05, 0) is 43.0 Å². The Labute approximate surface area is 174 Å². The number of benzene rings is 2. The number of carbonyl (C=O) groups excluding carboxylic acids is 1. The van der Waals surface area contributed by atoms with Crippen molar-refractivity contribution in [3.8, 4) is 17.2 Å². The van der Waals surface area contributed by atoms with Crippen molar-refractivity contribution in [2.75, 3.05) is 0 Å². The van der Waals surface area contributed by atoms with Crippen molar-refractivity contribution in [3.05, 3.63) is 69.5 Å². The van der Waals surface area contributed by atoms with Crippen LogP contribution in [0.3, 0.4) is 0 Å². The molecule has 2 aromatic carbocycles. The van der Waals surface area contributed by atoms with Gasteiger partial charge in [-0.15, -0.1) is 20.1 Å². The maximum atomic E-state index is 13.3. The number of rotatable bonds is 2. The first kappa shape index (κ1) is 18.8. The third kappa shape index (κ3) is 3.45. The number of halogens is 2. The van der Waals surface area contributed by atoms with Crippen molar-refractivity contribution >= 4 is 17.4 Å². The van der Waals surface area contributed by atoms with Gasteiger partial charge in [0, 0.05) is 17.1 Å². The Morgan fingerprint density at radius 3 is 2.90 bits per heavy atom. The summed E-state index contributed by atoms with van der Waals surface area (Å²) < 4.78 is 37.2. The quantitative estimate of drug-likeness (QED) is 0.654. The molecule has 0 bridgehead atoms. The van der Waals surface area contributed by atoms with E-state index in [-0.39, 0.29) is 17.5 Å². The highest BCUT2D eigenvalue weighted by atomic mass is 32.1. The Balaban J connectivity index is 1.43. The number of thiazole rings is 1. The van der Waals surface area contributed by atoms with Crippen LogP contribution in [0.15, 0.2) is 53.7 Å². The van der Waals surface area contributed by atoms with Crippen LogP contribution in [0.25, 0.3) is 5.69 Å². The standard InChI is InChI=1S/C21H17F2N3O3S/c1-12-11-26(14-7-9-17-18(10-14)29-21(22,23)28-17)20(30-12)25-19(27)24-16-8-6-13-4-2-3-5-15(13)16/h2-5,7,9-11,16H,6,8H2,1H3,(H,24,27)/b25-20-. The van der Waals surface area contributed by atoms with Gasteiger partial charge >= 0.3 is 12.3 Å². The molecule has 30 heavy (non-hydrogen) atoms. The van der Waals surface area contributed by atoms with Crippen molar-refractivity contribution in [2.24, 2.45) is 4.99 Å². The minimum atomic E-state index is -3.68. The van der Waals surface area contributed by atoms with Gasteiger partial charge in [0.15, 0.2) is 16.3 Å². The molecule has 2 heterocycles. The first-order chi connectivity index (χ1) is 14.4. The molecule has 3 aromatic rings. The molecule has 1 N–H and O–H groups in total. The van der Waals surface area contributed by atoms with Gasteiger partial charge in [0.1, 0.15) is 0 Å². The molecule has 0 fully saturated rings. The van der Waals surface area contributed by atoms with Crippen LogP contribution in [0.2, 0.25) is 0 Å². The number of fused-ring (bicyclic) bond motifs is 2. The van der Waals surface area contributed by atoms with Crippen molar-refractivity contribution < 1.29 is 23.0 Å². The lowest BCUT2D eigenvalue weighted by atomic mass is 10.1. The second-order valence-electron chi connectivity index (χ2n) is 7.14. The fourth-order valence-corrected chi connectivity index (χ4v) is 4.61. The molecular weight excluding hydrogens is 412 g/mol. The normalized spacial score (nSPS) is 19.0. The van der Waals surface area contributed by atoms with Gasteiger partial charge in [-0.3, -0.25) is 4.57 Å². The van der Waals surface area contributed by atoms with E-state index in [4.69, 9.17) is 0 Å². The van der Waals surface area contributed by atoms with E-state index in [2.05, 4.69) is 25.8 Å². The molecule has 2 aliphatic rings. The number of ether oxygens (including phenoxy) is 2. The van der Waals surface area contributed by atoms with Gasteiger partial charge in [0.05, 0.1) is 11.7 Å². The maximum Gasteiger partial charge on any atom is 0.586 e. The summed E-state index contributed by atoms with van der Waals surface area (Å²) in [5, 5.41) is 2.97. The highest BCUT2D eigenvalue weighted by molar-refractivity contribution is 7.09. The van der Waals surface area contributed by atoms with Gasteiger partial charge in [-0.1, -0.05) is 24.3 Å². The van der Waals surface area contributed by atoms with E-state index in [0.29, 0.717) is 10.5 Å². The fourth-order valence-electron chi connectivity index (χ4n) is 3.78. The van der Waals surface area contributed by atoms with E-state index in [9.17, 15) is 13.6 Å². The molecule has 1 aromatic heterocycles. The molecule has 1 unspecified atom stereocenters. The molecular formula is C21H17F2N3O3S. The molecule has 9 heteroatoms. The zero-order valence-corrected chi connectivity index (χ0v) is 16.7. The first-order valence-corrected chi connectivity index (χ1v) is 10.2. The second-order valence-corrected chi connectivity index (χ2v) is 8.36. The summed E-state index contributed by atoms with van der Waals surface area (Å²) in [5.41, 5.74) is 2.90. The number of hydrogen-bond acceptors (Lipinski definition) is 4. The summed E-state index contributed by atoms with van der Waals surface area (Å²) in [7, 11) is 0. The third-order valence-electron chi connectivity index (χ3n) is 5.06. The van der Waals surface area contributed by atoms with E-state index >= 15 is 0 Å². The van der Waals surface area contributed by atoms with Gasteiger partial charge in [0.2, 0.25) is 0 Å². The maximum absolute atomic E-state index is 13.3. The minimum Gasteiger partial charge on any atom is -0.395 e. The van der Waals surface area contributed by atoms with E-state index in [1.807, 2.05) is 25.1 Å². The zero-order chi connectivity index (χ0) is 20.9. The molecule has 2 amide bonds. The number of aryl methyl sites for hydroxylation is 2. The van der Waals surface area contributed by atoms with E-state index < -0.39 is 12.3 Å². The Kier molecular flexibility index (Phi) is 4.35. The Morgan fingerprint density at radius 1 is 1.23 bits per heavy atom. The predicted molar refractivity (Wildman–Crippen MR) is 106 cm³/mol. The molecule has 154 valence electrons. The Bertz CT molecular complexity index is 1220. The van der Waals surface area contributed by atoms with Gasteiger partial charge < -0.3 is 14.8 Å². The molecule has 1 aliphatic heterocycles. The predicted octanol–water partition coefficient (Wildman–Crippen LogP) is 4.47. The Hall–Kier alpha value is -3.20. The summed E-state index contributed by atoms with van der Waals surface area (Å²) in [4.78, 5) is 18.2. The van der Waals surface area contributed by atoms with Crippen LogP contribution in [-0.4, -0.2) is 16.9 Å². The lowest BCUT2D eigenvalue weighted by molar-refractivity contribution is -0.286. The number of alkyl halides is 2. The number of hydrogen-bond donors (Lipinski definition) is 1.